The number of aliphatic hydroxyl groups is 1. The smallest absolute Gasteiger partial charge is 0.0613 e. The fraction of sp³-hybridized carbons (Fsp3) is 1.00. The summed E-state index contributed by atoms with van der Waals surface area (Å²) in [6, 6.07) is 0. The third-order valence-electron chi connectivity index (χ3n) is 3.20. The van der Waals surface area contributed by atoms with Crippen LogP contribution in [-0.4, -0.2) is 37.0 Å². The van der Waals surface area contributed by atoms with Crippen molar-refractivity contribution < 1.29 is 9.84 Å². The van der Waals surface area contributed by atoms with Gasteiger partial charge >= 0.3 is 0 Å². The minimum absolute atomic E-state index is 0.0292. The van der Waals surface area contributed by atoms with Crippen LogP contribution < -0.4 is 5.32 Å². The number of ether oxygens (including phenoxy) is 1. The Kier molecular flexibility index (Phi) is 5.58. The summed E-state index contributed by atoms with van der Waals surface area (Å²) in [6.45, 7) is 7.14. The predicted octanol–water partition coefficient (Wildman–Crippen LogP) is 1.55. The molecule has 0 unspecified atom stereocenters. The lowest BCUT2D eigenvalue weighted by molar-refractivity contribution is 0.0686. The Morgan fingerprint density at radius 3 is 2.53 bits per heavy atom. The van der Waals surface area contributed by atoms with Crippen LogP contribution in [0.5, 0.6) is 0 Å². The first kappa shape index (κ1) is 12.9. The molecule has 0 aliphatic heterocycles. The first-order valence-corrected chi connectivity index (χ1v) is 6.12. The average Bonchev–Trinajstić information content (AvgIpc) is 2.14. The minimum Gasteiger partial charge on any atom is -0.394 e. The zero-order chi connectivity index (χ0) is 11.1. The molecule has 0 atom stereocenters. The lowest BCUT2D eigenvalue weighted by Gasteiger charge is -2.41. The molecule has 0 saturated heterocycles. The van der Waals surface area contributed by atoms with Crippen LogP contribution in [0.2, 0.25) is 0 Å². The number of nitrogens with one attached hydrogen (secondary N) is 1. The summed E-state index contributed by atoms with van der Waals surface area (Å²) in [6.07, 6.45) is 4.58. The maximum absolute atomic E-state index is 9.21. The summed E-state index contributed by atoms with van der Waals surface area (Å²) in [5.41, 5.74) is 0.0292. The molecule has 1 aliphatic rings. The number of aliphatic hydroxyl groups excluding tert-OH is 1. The summed E-state index contributed by atoms with van der Waals surface area (Å²) in [4.78, 5) is 0. The van der Waals surface area contributed by atoms with Crippen LogP contribution in [0.3, 0.4) is 0 Å². The van der Waals surface area contributed by atoms with Gasteiger partial charge in [0.05, 0.1) is 13.2 Å². The summed E-state index contributed by atoms with van der Waals surface area (Å²) in [5, 5.41) is 12.6. The standard InChI is InChI=1S/C12H25NO2/c1-11(2)4-8-15-9-7-13-12(10-14)5-3-6-12/h11,13-14H,3-10H2,1-2H3. The Bertz CT molecular complexity index is 161. The highest BCUT2D eigenvalue weighted by Crippen LogP contribution is 2.30. The van der Waals surface area contributed by atoms with Crippen molar-refractivity contribution in [1.82, 2.24) is 5.32 Å². The Morgan fingerprint density at radius 2 is 2.07 bits per heavy atom. The van der Waals surface area contributed by atoms with E-state index in [-0.39, 0.29) is 12.1 Å². The van der Waals surface area contributed by atoms with Crippen LogP contribution in [-0.2, 0) is 4.74 Å². The Morgan fingerprint density at radius 1 is 1.33 bits per heavy atom. The van der Waals surface area contributed by atoms with Gasteiger partial charge in [0, 0.05) is 18.7 Å². The molecule has 1 fully saturated rings. The Balaban J connectivity index is 1.92. The summed E-state index contributed by atoms with van der Waals surface area (Å²) in [7, 11) is 0. The van der Waals surface area contributed by atoms with Crippen molar-refractivity contribution in [2.45, 2.75) is 45.1 Å². The van der Waals surface area contributed by atoms with Crippen LogP contribution in [0, 0.1) is 5.92 Å². The number of rotatable bonds is 8. The van der Waals surface area contributed by atoms with E-state index in [0.29, 0.717) is 5.92 Å². The second-order valence-corrected chi connectivity index (χ2v) is 5.01. The Hall–Kier alpha value is -0.120. The van der Waals surface area contributed by atoms with Gasteiger partial charge in [0.1, 0.15) is 0 Å². The van der Waals surface area contributed by atoms with Crippen molar-refractivity contribution in [2.24, 2.45) is 5.92 Å². The molecule has 1 aliphatic carbocycles. The molecule has 0 bridgehead atoms. The second kappa shape index (κ2) is 6.46. The topological polar surface area (TPSA) is 41.5 Å². The molecule has 3 nitrogen and oxygen atoms in total. The van der Waals surface area contributed by atoms with Crippen molar-refractivity contribution >= 4 is 0 Å². The van der Waals surface area contributed by atoms with Crippen LogP contribution in [0.15, 0.2) is 0 Å². The van der Waals surface area contributed by atoms with E-state index in [1.165, 1.54) is 6.42 Å². The first-order chi connectivity index (χ1) is 7.18. The molecule has 0 radical (unpaired) electrons. The zero-order valence-corrected chi connectivity index (χ0v) is 10.1. The molecule has 0 heterocycles. The quantitative estimate of drug-likeness (QED) is 0.604. The van der Waals surface area contributed by atoms with E-state index in [1.807, 2.05) is 0 Å². The van der Waals surface area contributed by atoms with Gasteiger partial charge in [-0.1, -0.05) is 13.8 Å². The van der Waals surface area contributed by atoms with Gasteiger partial charge in [-0.2, -0.15) is 0 Å². The molecular weight excluding hydrogens is 190 g/mol. The fourth-order valence-corrected chi connectivity index (χ4v) is 1.80. The van der Waals surface area contributed by atoms with Gasteiger partial charge in [-0.25, -0.2) is 0 Å². The van der Waals surface area contributed by atoms with Crippen LogP contribution in [0.4, 0.5) is 0 Å². The van der Waals surface area contributed by atoms with E-state index in [9.17, 15) is 5.11 Å². The molecule has 3 heteroatoms. The van der Waals surface area contributed by atoms with Crippen LogP contribution in [0.1, 0.15) is 39.5 Å². The maximum atomic E-state index is 9.21. The van der Waals surface area contributed by atoms with E-state index < -0.39 is 0 Å². The SMILES string of the molecule is CC(C)CCOCCNC1(CO)CCC1. The van der Waals surface area contributed by atoms with Crippen LogP contribution >= 0.6 is 0 Å². The summed E-state index contributed by atoms with van der Waals surface area (Å²) < 4.78 is 5.51. The molecule has 0 aromatic rings. The van der Waals surface area contributed by atoms with Gasteiger partial charge in [0.25, 0.3) is 0 Å². The molecule has 90 valence electrons. The van der Waals surface area contributed by atoms with Gasteiger partial charge in [-0.15, -0.1) is 0 Å². The molecule has 1 saturated carbocycles. The van der Waals surface area contributed by atoms with Crippen molar-refractivity contribution in [3.05, 3.63) is 0 Å². The molecule has 15 heavy (non-hydrogen) atoms. The minimum atomic E-state index is 0.0292. The fourth-order valence-electron chi connectivity index (χ4n) is 1.80. The number of hydrogen-bond donors (Lipinski definition) is 2. The van der Waals surface area contributed by atoms with E-state index in [1.54, 1.807) is 0 Å². The number of hydrogen-bond acceptors (Lipinski definition) is 3. The van der Waals surface area contributed by atoms with Crippen molar-refractivity contribution in [3.63, 3.8) is 0 Å². The molecule has 0 amide bonds. The van der Waals surface area contributed by atoms with Gasteiger partial charge in [0.2, 0.25) is 0 Å². The monoisotopic (exact) mass is 215 g/mol. The second-order valence-electron chi connectivity index (χ2n) is 5.01. The maximum Gasteiger partial charge on any atom is 0.0613 e. The van der Waals surface area contributed by atoms with E-state index >= 15 is 0 Å². The highest BCUT2D eigenvalue weighted by atomic mass is 16.5. The molecule has 0 spiro atoms. The predicted molar refractivity (Wildman–Crippen MR) is 61.9 cm³/mol. The summed E-state index contributed by atoms with van der Waals surface area (Å²) >= 11 is 0. The highest BCUT2D eigenvalue weighted by Gasteiger charge is 2.35. The molecule has 0 aromatic heterocycles. The molecular formula is C12H25NO2. The lowest BCUT2D eigenvalue weighted by atomic mass is 9.77. The molecule has 0 aromatic carbocycles. The zero-order valence-electron chi connectivity index (χ0n) is 10.1. The lowest BCUT2D eigenvalue weighted by Crippen LogP contribution is -2.54. The van der Waals surface area contributed by atoms with Crippen molar-refractivity contribution in [1.29, 1.82) is 0 Å². The van der Waals surface area contributed by atoms with Gasteiger partial charge in [-0.05, 0) is 31.6 Å². The third-order valence-corrected chi connectivity index (χ3v) is 3.20. The van der Waals surface area contributed by atoms with Crippen molar-refractivity contribution in [3.8, 4) is 0 Å². The van der Waals surface area contributed by atoms with E-state index in [0.717, 1.165) is 39.0 Å². The van der Waals surface area contributed by atoms with Crippen molar-refractivity contribution in [2.75, 3.05) is 26.4 Å². The normalized spacial score (nSPS) is 19.2. The average molecular weight is 215 g/mol. The highest BCUT2D eigenvalue weighted by molar-refractivity contribution is 4.95. The van der Waals surface area contributed by atoms with Gasteiger partial charge in [0.15, 0.2) is 0 Å². The van der Waals surface area contributed by atoms with E-state index in [2.05, 4.69) is 19.2 Å². The van der Waals surface area contributed by atoms with E-state index in [4.69, 9.17) is 4.74 Å². The molecule has 2 N–H and O–H groups in total. The molecule has 1 rings (SSSR count). The van der Waals surface area contributed by atoms with Gasteiger partial charge < -0.3 is 15.2 Å². The first-order valence-electron chi connectivity index (χ1n) is 6.12. The summed E-state index contributed by atoms with van der Waals surface area (Å²) in [5.74, 6) is 0.716. The van der Waals surface area contributed by atoms with Gasteiger partial charge in [-0.3, -0.25) is 0 Å². The van der Waals surface area contributed by atoms with Crippen LogP contribution in [0.25, 0.3) is 0 Å². The third kappa shape index (κ3) is 4.49. The Labute approximate surface area is 93.2 Å². The largest absolute Gasteiger partial charge is 0.394 e.